The van der Waals surface area contributed by atoms with Crippen LogP contribution in [0.5, 0.6) is 5.75 Å². The lowest BCUT2D eigenvalue weighted by atomic mass is 10.1. The molecule has 0 aliphatic carbocycles. The SMILES string of the molecule is COc1ccc(CN(C)c2cc(Br)cc(C#N)c2)cc1. The van der Waals surface area contributed by atoms with Gasteiger partial charge in [0.05, 0.1) is 18.7 Å². The Morgan fingerprint density at radius 1 is 1.20 bits per heavy atom. The van der Waals surface area contributed by atoms with Gasteiger partial charge in [-0.25, -0.2) is 0 Å². The molecule has 0 N–H and O–H groups in total. The molecule has 20 heavy (non-hydrogen) atoms. The maximum Gasteiger partial charge on any atom is 0.118 e. The minimum atomic E-state index is 0.649. The van der Waals surface area contributed by atoms with Crippen molar-refractivity contribution >= 4 is 21.6 Å². The fraction of sp³-hybridized carbons (Fsp3) is 0.188. The van der Waals surface area contributed by atoms with Gasteiger partial charge >= 0.3 is 0 Å². The van der Waals surface area contributed by atoms with E-state index in [2.05, 4.69) is 26.9 Å². The summed E-state index contributed by atoms with van der Waals surface area (Å²) < 4.78 is 6.06. The summed E-state index contributed by atoms with van der Waals surface area (Å²) in [6, 6.07) is 15.8. The third-order valence-electron chi connectivity index (χ3n) is 3.03. The Bertz CT molecular complexity index is 632. The van der Waals surface area contributed by atoms with E-state index in [9.17, 15) is 0 Å². The molecule has 0 radical (unpaired) electrons. The first-order valence-electron chi connectivity index (χ1n) is 6.17. The zero-order valence-electron chi connectivity index (χ0n) is 11.4. The van der Waals surface area contributed by atoms with Crippen molar-refractivity contribution in [1.82, 2.24) is 0 Å². The Morgan fingerprint density at radius 3 is 2.50 bits per heavy atom. The van der Waals surface area contributed by atoms with E-state index >= 15 is 0 Å². The van der Waals surface area contributed by atoms with Gasteiger partial charge in [0, 0.05) is 23.8 Å². The molecule has 102 valence electrons. The van der Waals surface area contributed by atoms with Crippen molar-refractivity contribution in [1.29, 1.82) is 5.26 Å². The molecular weight excluding hydrogens is 316 g/mol. The number of halogens is 1. The molecule has 0 unspecified atom stereocenters. The van der Waals surface area contributed by atoms with Crippen LogP contribution in [-0.4, -0.2) is 14.2 Å². The molecule has 0 aliphatic heterocycles. The van der Waals surface area contributed by atoms with Crippen molar-refractivity contribution in [2.75, 3.05) is 19.1 Å². The highest BCUT2D eigenvalue weighted by Gasteiger charge is 2.05. The Kier molecular flexibility index (Phi) is 4.65. The minimum Gasteiger partial charge on any atom is -0.497 e. The Morgan fingerprint density at radius 2 is 1.90 bits per heavy atom. The van der Waals surface area contributed by atoms with E-state index in [4.69, 9.17) is 10.00 Å². The maximum atomic E-state index is 9.01. The third-order valence-corrected chi connectivity index (χ3v) is 3.49. The summed E-state index contributed by atoms with van der Waals surface area (Å²) in [5, 5.41) is 9.01. The van der Waals surface area contributed by atoms with Crippen LogP contribution in [0.15, 0.2) is 46.9 Å². The minimum absolute atomic E-state index is 0.649. The number of hydrogen-bond acceptors (Lipinski definition) is 3. The molecule has 0 bridgehead atoms. The largest absolute Gasteiger partial charge is 0.497 e. The molecule has 0 spiro atoms. The lowest BCUT2D eigenvalue weighted by Crippen LogP contribution is -2.16. The van der Waals surface area contributed by atoms with Gasteiger partial charge in [0.25, 0.3) is 0 Å². The highest BCUT2D eigenvalue weighted by atomic mass is 79.9. The standard InChI is InChI=1S/C16H15BrN2O/c1-19(11-12-3-5-16(20-2)6-4-12)15-8-13(10-18)7-14(17)9-15/h3-9H,11H2,1-2H3. The summed E-state index contributed by atoms with van der Waals surface area (Å²) in [6.45, 7) is 0.769. The second-order valence-electron chi connectivity index (χ2n) is 4.51. The number of anilines is 1. The third kappa shape index (κ3) is 3.52. The van der Waals surface area contributed by atoms with Crippen molar-refractivity contribution in [2.45, 2.75) is 6.54 Å². The lowest BCUT2D eigenvalue weighted by molar-refractivity contribution is 0.414. The van der Waals surface area contributed by atoms with Gasteiger partial charge in [-0.1, -0.05) is 28.1 Å². The summed E-state index contributed by atoms with van der Waals surface area (Å²) in [6.07, 6.45) is 0. The fourth-order valence-corrected chi connectivity index (χ4v) is 2.44. The fourth-order valence-electron chi connectivity index (χ4n) is 1.96. The Labute approximate surface area is 127 Å². The van der Waals surface area contributed by atoms with Gasteiger partial charge in [0.2, 0.25) is 0 Å². The van der Waals surface area contributed by atoms with E-state index in [1.54, 1.807) is 7.11 Å². The molecule has 0 saturated heterocycles. The molecule has 0 atom stereocenters. The first-order chi connectivity index (χ1) is 9.62. The van der Waals surface area contributed by atoms with E-state index in [0.29, 0.717) is 5.56 Å². The molecule has 4 heteroatoms. The molecule has 0 aliphatic rings. The molecule has 0 fully saturated rings. The van der Waals surface area contributed by atoms with Crippen LogP contribution < -0.4 is 9.64 Å². The van der Waals surface area contributed by atoms with Gasteiger partial charge in [-0.05, 0) is 35.9 Å². The second kappa shape index (κ2) is 6.44. The molecule has 0 heterocycles. The predicted octanol–water partition coefficient (Wildman–Crippen LogP) is 3.97. The van der Waals surface area contributed by atoms with E-state index in [-0.39, 0.29) is 0 Å². The normalized spacial score (nSPS) is 9.90. The van der Waals surface area contributed by atoms with Crippen LogP contribution in [0.1, 0.15) is 11.1 Å². The average molecular weight is 331 g/mol. The number of nitrogens with zero attached hydrogens (tertiary/aromatic N) is 2. The maximum absolute atomic E-state index is 9.01. The van der Waals surface area contributed by atoms with Crippen LogP contribution >= 0.6 is 15.9 Å². The molecular formula is C16H15BrN2O. The summed E-state index contributed by atoms with van der Waals surface area (Å²) >= 11 is 3.43. The highest BCUT2D eigenvalue weighted by Crippen LogP contribution is 2.23. The van der Waals surface area contributed by atoms with Crippen LogP contribution in [0.2, 0.25) is 0 Å². The second-order valence-corrected chi connectivity index (χ2v) is 5.43. The van der Waals surface area contributed by atoms with E-state index in [1.165, 1.54) is 5.56 Å². The van der Waals surface area contributed by atoms with Gasteiger partial charge < -0.3 is 9.64 Å². The first-order valence-corrected chi connectivity index (χ1v) is 6.96. The van der Waals surface area contributed by atoms with Gasteiger partial charge in [-0.15, -0.1) is 0 Å². The van der Waals surface area contributed by atoms with E-state index < -0.39 is 0 Å². The van der Waals surface area contributed by atoms with Crippen LogP contribution in [0.4, 0.5) is 5.69 Å². The Balaban J connectivity index is 2.16. The van der Waals surface area contributed by atoms with Crippen LogP contribution in [0.3, 0.4) is 0 Å². The van der Waals surface area contributed by atoms with Gasteiger partial charge in [0.1, 0.15) is 5.75 Å². The lowest BCUT2D eigenvalue weighted by Gasteiger charge is -2.20. The van der Waals surface area contributed by atoms with Crippen molar-refractivity contribution in [3.8, 4) is 11.8 Å². The van der Waals surface area contributed by atoms with Crippen molar-refractivity contribution < 1.29 is 4.74 Å². The van der Waals surface area contributed by atoms with E-state index in [1.807, 2.05) is 49.5 Å². The molecule has 0 aromatic heterocycles. The van der Waals surface area contributed by atoms with Crippen LogP contribution in [-0.2, 0) is 6.54 Å². The van der Waals surface area contributed by atoms with Crippen LogP contribution in [0, 0.1) is 11.3 Å². The van der Waals surface area contributed by atoms with Crippen molar-refractivity contribution in [2.24, 2.45) is 0 Å². The molecule has 0 amide bonds. The van der Waals surface area contributed by atoms with Crippen molar-refractivity contribution in [3.63, 3.8) is 0 Å². The number of benzene rings is 2. The predicted molar refractivity (Wildman–Crippen MR) is 84.0 cm³/mol. The topological polar surface area (TPSA) is 36.3 Å². The summed E-state index contributed by atoms with van der Waals surface area (Å²) in [7, 11) is 3.67. The number of rotatable bonds is 4. The Hall–Kier alpha value is -1.99. The van der Waals surface area contributed by atoms with Gasteiger partial charge in [-0.3, -0.25) is 0 Å². The van der Waals surface area contributed by atoms with Gasteiger partial charge in [0.15, 0.2) is 0 Å². The van der Waals surface area contributed by atoms with E-state index in [0.717, 1.165) is 22.5 Å². The zero-order valence-corrected chi connectivity index (χ0v) is 13.0. The monoisotopic (exact) mass is 330 g/mol. The number of nitriles is 1. The summed E-state index contributed by atoms with van der Waals surface area (Å²) in [5.41, 5.74) is 2.84. The zero-order chi connectivity index (χ0) is 14.5. The summed E-state index contributed by atoms with van der Waals surface area (Å²) in [4.78, 5) is 2.10. The first kappa shape index (κ1) is 14.4. The quantitative estimate of drug-likeness (QED) is 0.851. The average Bonchev–Trinajstić information content (AvgIpc) is 2.47. The van der Waals surface area contributed by atoms with Crippen molar-refractivity contribution in [3.05, 3.63) is 58.1 Å². The smallest absolute Gasteiger partial charge is 0.118 e. The highest BCUT2D eigenvalue weighted by molar-refractivity contribution is 9.10. The number of ether oxygens (including phenoxy) is 1. The molecule has 2 rings (SSSR count). The van der Waals surface area contributed by atoms with Gasteiger partial charge in [-0.2, -0.15) is 5.26 Å². The number of hydrogen-bond donors (Lipinski definition) is 0. The molecule has 0 saturated carbocycles. The molecule has 2 aromatic carbocycles. The molecule has 3 nitrogen and oxygen atoms in total. The van der Waals surface area contributed by atoms with Crippen LogP contribution in [0.25, 0.3) is 0 Å². The number of methoxy groups -OCH3 is 1. The molecule has 2 aromatic rings. The summed E-state index contributed by atoms with van der Waals surface area (Å²) in [5.74, 6) is 0.852.